The van der Waals surface area contributed by atoms with Gasteiger partial charge in [0, 0.05) is 17.0 Å². The van der Waals surface area contributed by atoms with E-state index in [2.05, 4.69) is 17.2 Å². The Morgan fingerprint density at radius 2 is 2.16 bits per heavy atom. The van der Waals surface area contributed by atoms with Crippen LogP contribution in [-0.4, -0.2) is 12.0 Å². The summed E-state index contributed by atoms with van der Waals surface area (Å²) in [5.41, 5.74) is 2.63. The Balaban J connectivity index is 2.41. The molecule has 2 aromatic rings. The van der Waals surface area contributed by atoms with Gasteiger partial charge in [-0.15, -0.1) is 11.3 Å². The molecule has 0 bridgehead atoms. The van der Waals surface area contributed by atoms with Crippen molar-refractivity contribution in [3.8, 4) is 10.6 Å². The summed E-state index contributed by atoms with van der Waals surface area (Å²) in [6.45, 7) is 4.82. The SMILES string of the molecule is CCCc1nc(-c2ccc(C)cc2F)sc1CNC. The number of hydrogen-bond acceptors (Lipinski definition) is 3. The van der Waals surface area contributed by atoms with Gasteiger partial charge < -0.3 is 5.32 Å². The lowest BCUT2D eigenvalue weighted by Crippen LogP contribution is -2.05. The van der Waals surface area contributed by atoms with Gasteiger partial charge in [-0.3, -0.25) is 0 Å². The first-order chi connectivity index (χ1) is 9.15. The Bertz CT molecular complexity index is 540. The molecule has 2 nitrogen and oxygen atoms in total. The van der Waals surface area contributed by atoms with Crippen molar-refractivity contribution in [2.24, 2.45) is 0 Å². The molecule has 1 N–H and O–H groups in total. The number of aryl methyl sites for hydroxylation is 2. The average Bonchev–Trinajstić information content (AvgIpc) is 2.73. The molecule has 0 aliphatic heterocycles. The Hall–Kier alpha value is -1.26. The van der Waals surface area contributed by atoms with Crippen LogP contribution in [-0.2, 0) is 13.0 Å². The minimum Gasteiger partial charge on any atom is -0.315 e. The number of hydrogen-bond donors (Lipinski definition) is 1. The van der Waals surface area contributed by atoms with Crippen LogP contribution in [0.2, 0.25) is 0 Å². The first-order valence-electron chi connectivity index (χ1n) is 6.55. The Kier molecular flexibility index (Phi) is 4.66. The minimum absolute atomic E-state index is 0.187. The van der Waals surface area contributed by atoms with E-state index >= 15 is 0 Å². The van der Waals surface area contributed by atoms with Crippen molar-refractivity contribution >= 4 is 11.3 Å². The van der Waals surface area contributed by atoms with E-state index in [9.17, 15) is 4.39 Å². The third-order valence-corrected chi connectivity index (χ3v) is 4.09. The first-order valence-corrected chi connectivity index (χ1v) is 7.37. The first kappa shape index (κ1) is 14.2. The molecular formula is C15H19FN2S. The van der Waals surface area contributed by atoms with Crippen molar-refractivity contribution in [3.05, 3.63) is 40.2 Å². The van der Waals surface area contributed by atoms with Gasteiger partial charge in [-0.1, -0.05) is 19.4 Å². The number of benzene rings is 1. The van der Waals surface area contributed by atoms with Crippen LogP contribution in [0.3, 0.4) is 0 Å². The van der Waals surface area contributed by atoms with Crippen molar-refractivity contribution in [1.82, 2.24) is 10.3 Å². The molecule has 0 fully saturated rings. The molecule has 1 aromatic carbocycles. The van der Waals surface area contributed by atoms with Crippen LogP contribution < -0.4 is 5.32 Å². The second kappa shape index (κ2) is 6.26. The van der Waals surface area contributed by atoms with Crippen molar-refractivity contribution in [2.75, 3.05) is 7.05 Å². The molecule has 0 aliphatic carbocycles. The van der Waals surface area contributed by atoms with Gasteiger partial charge in [-0.25, -0.2) is 9.37 Å². The summed E-state index contributed by atoms with van der Waals surface area (Å²) in [5, 5.41) is 3.93. The molecule has 4 heteroatoms. The fourth-order valence-electron chi connectivity index (χ4n) is 2.02. The molecule has 1 aromatic heterocycles. The number of halogens is 1. The number of nitrogens with zero attached hydrogens (tertiary/aromatic N) is 1. The van der Waals surface area contributed by atoms with Gasteiger partial charge in [0.2, 0.25) is 0 Å². The molecule has 0 amide bonds. The van der Waals surface area contributed by atoms with Gasteiger partial charge in [0.05, 0.1) is 5.69 Å². The van der Waals surface area contributed by atoms with E-state index in [1.54, 1.807) is 17.4 Å². The predicted octanol–water partition coefficient (Wildman–Crippen LogP) is 3.93. The highest BCUT2D eigenvalue weighted by Crippen LogP contribution is 2.31. The fourth-order valence-corrected chi connectivity index (χ4v) is 3.17. The fraction of sp³-hybridized carbons (Fsp3) is 0.400. The van der Waals surface area contributed by atoms with E-state index in [0.29, 0.717) is 5.56 Å². The number of thiazole rings is 1. The molecule has 0 atom stereocenters. The molecule has 2 rings (SSSR count). The van der Waals surface area contributed by atoms with Gasteiger partial charge >= 0.3 is 0 Å². The molecule has 0 spiro atoms. The van der Waals surface area contributed by atoms with Crippen LogP contribution in [0.4, 0.5) is 4.39 Å². The van der Waals surface area contributed by atoms with Gasteiger partial charge in [0.1, 0.15) is 10.8 Å². The van der Waals surface area contributed by atoms with Gasteiger partial charge in [-0.2, -0.15) is 0 Å². The molecule has 0 unspecified atom stereocenters. The van der Waals surface area contributed by atoms with Crippen LogP contribution in [0, 0.1) is 12.7 Å². The largest absolute Gasteiger partial charge is 0.315 e. The zero-order valence-corrected chi connectivity index (χ0v) is 12.4. The molecular weight excluding hydrogens is 259 g/mol. The number of aromatic nitrogens is 1. The summed E-state index contributed by atoms with van der Waals surface area (Å²) >= 11 is 1.58. The monoisotopic (exact) mass is 278 g/mol. The van der Waals surface area contributed by atoms with Crippen LogP contribution >= 0.6 is 11.3 Å². The maximum Gasteiger partial charge on any atom is 0.133 e. The summed E-state index contributed by atoms with van der Waals surface area (Å²) in [6, 6.07) is 5.31. The highest BCUT2D eigenvalue weighted by Gasteiger charge is 2.14. The smallest absolute Gasteiger partial charge is 0.133 e. The Labute approximate surface area is 117 Å². The highest BCUT2D eigenvalue weighted by molar-refractivity contribution is 7.15. The van der Waals surface area contributed by atoms with Gasteiger partial charge in [0.15, 0.2) is 0 Å². The molecule has 0 saturated heterocycles. The van der Waals surface area contributed by atoms with E-state index in [1.165, 1.54) is 4.88 Å². The minimum atomic E-state index is -0.187. The zero-order chi connectivity index (χ0) is 13.8. The second-order valence-electron chi connectivity index (χ2n) is 4.65. The summed E-state index contributed by atoms with van der Waals surface area (Å²) in [6.07, 6.45) is 2.00. The molecule has 19 heavy (non-hydrogen) atoms. The number of rotatable bonds is 5. The summed E-state index contributed by atoms with van der Waals surface area (Å²) in [5.74, 6) is -0.187. The van der Waals surface area contributed by atoms with E-state index in [4.69, 9.17) is 0 Å². The lowest BCUT2D eigenvalue weighted by molar-refractivity contribution is 0.630. The van der Waals surface area contributed by atoms with Crippen molar-refractivity contribution in [1.29, 1.82) is 0 Å². The normalized spacial score (nSPS) is 10.9. The third-order valence-electron chi connectivity index (χ3n) is 2.96. The molecule has 0 aliphatic rings. The Morgan fingerprint density at radius 1 is 1.37 bits per heavy atom. The van der Waals surface area contributed by atoms with Crippen LogP contribution in [0.25, 0.3) is 10.6 Å². The summed E-state index contributed by atoms with van der Waals surface area (Å²) in [7, 11) is 1.92. The van der Waals surface area contributed by atoms with Gasteiger partial charge in [0.25, 0.3) is 0 Å². The van der Waals surface area contributed by atoms with Crippen molar-refractivity contribution < 1.29 is 4.39 Å². The van der Waals surface area contributed by atoms with Crippen molar-refractivity contribution in [2.45, 2.75) is 33.2 Å². The lowest BCUT2D eigenvalue weighted by atomic mass is 10.1. The quantitative estimate of drug-likeness (QED) is 0.896. The van der Waals surface area contributed by atoms with E-state index in [1.807, 2.05) is 26.1 Å². The molecule has 1 heterocycles. The van der Waals surface area contributed by atoms with Crippen molar-refractivity contribution in [3.63, 3.8) is 0 Å². The molecule has 0 saturated carbocycles. The average molecular weight is 278 g/mol. The highest BCUT2D eigenvalue weighted by atomic mass is 32.1. The lowest BCUT2D eigenvalue weighted by Gasteiger charge is -1.99. The van der Waals surface area contributed by atoms with E-state index in [0.717, 1.165) is 35.7 Å². The van der Waals surface area contributed by atoms with Crippen LogP contribution in [0.15, 0.2) is 18.2 Å². The van der Waals surface area contributed by atoms with E-state index < -0.39 is 0 Å². The predicted molar refractivity (Wildman–Crippen MR) is 79.0 cm³/mol. The third kappa shape index (κ3) is 3.19. The zero-order valence-electron chi connectivity index (χ0n) is 11.6. The Morgan fingerprint density at radius 3 is 2.79 bits per heavy atom. The van der Waals surface area contributed by atoms with Crippen LogP contribution in [0.5, 0.6) is 0 Å². The summed E-state index contributed by atoms with van der Waals surface area (Å²) < 4.78 is 14.0. The number of nitrogens with one attached hydrogen (secondary N) is 1. The van der Waals surface area contributed by atoms with E-state index in [-0.39, 0.29) is 5.82 Å². The van der Waals surface area contributed by atoms with Gasteiger partial charge in [-0.05, 0) is 38.1 Å². The maximum atomic E-state index is 14.0. The standard InChI is InChI=1S/C15H19FN2S/c1-4-5-13-14(9-17-3)19-15(18-13)11-7-6-10(2)8-12(11)16/h6-8,17H,4-5,9H2,1-3H3. The second-order valence-corrected chi connectivity index (χ2v) is 5.74. The summed E-state index contributed by atoms with van der Waals surface area (Å²) in [4.78, 5) is 5.83. The topological polar surface area (TPSA) is 24.9 Å². The van der Waals surface area contributed by atoms with Crippen LogP contribution in [0.1, 0.15) is 29.5 Å². The molecule has 102 valence electrons. The maximum absolute atomic E-state index is 14.0. The molecule has 0 radical (unpaired) electrons.